The highest BCUT2D eigenvalue weighted by Gasteiger charge is 2.28. The monoisotopic (exact) mass is 299 g/mol. The average Bonchev–Trinajstić information content (AvgIpc) is 2.42. The summed E-state index contributed by atoms with van der Waals surface area (Å²) in [6, 6.07) is 4.74. The molecule has 0 aliphatic heterocycles. The normalized spacial score (nSPS) is 13.9. The number of methoxy groups -OCH3 is 1. The predicted molar refractivity (Wildman–Crippen MR) is 78.7 cm³/mol. The SMILES string of the molecule is C=C/N=C(/OC)c1cc(CC(F)(F)F)ccc1C(C)CC. The smallest absolute Gasteiger partial charge is 0.393 e. The maximum atomic E-state index is 12.6. The molecule has 0 radical (unpaired) electrons. The fourth-order valence-corrected chi connectivity index (χ4v) is 2.09. The minimum Gasteiger partial charge on any atom is -0.481 e. The van der Waals surface area contributed by atoms with Crippen molar-refractivity contribution in [1.82, 2.24) is 0 Å². The van der Waals surface area contributed by atoms with E-state index >= 15 is 0 Å². The molecule has 0 saturated carbocycles. The van der Waals surface area contributed by atoms with Crippen molar-refractivity contribution in [1.29, 1.82) is 0 Å². The van der Waals surface area contributed by atoms with Crippen LogP contribution in [0.2, 0.25) is 0 Å². The molecule has 0 amide bonds. The number of aliphatic imine (C=N–C) groups is 1. The van der Waals surface area contributed by atoms with Gasteiger partial charge in [-0.05, 0) is 29.5 Å². The van der Waals surface area contributed by atoms with Gasteiger partial charge < -0.3 is 4.74 Å². The van der Waals surface area contributed by atoms with Crippen LogP contribution in [-0.4, -0.2) is 19.2 Å². The van der Waals surface area contributed by atoms with Crippen LogP contribution in [0.25, 0.3) is 0 Å². The van der Waals surface area contributed by atoms with E-state index in [0.717, 1.165) is 12.0 Å². The minimum absolute atomic E-state index is 0.193. The van der Waals surface area contributed by atoms with E-state index in [4.69, 9.17) is 4.74 Å². The number of benzene rings is 1. The number of hydrogen-bond acceptors (Lipinski definition) is 2. The molecule has 116 valence electrons. The van der Waals surface area contributed by atoms with Crippen LogP contribution in [0.3, 0.4) is 0 Å². The second-order valence-electron chi connectivity index (χ2n) is 4.84. The molecule has 1 atom stereocenters. The molecular formula is C16H20F3NO. The summed E-state index contributed by atoms with van der Waals surface area (Å²) >= 11 is 0. The number of halogens is 3. The van der Waals surface area contributed by atoms with Gasteiger partial charge >= 0.3 is 6.18 Å². The molecule has 0 bridgehead atoms. The number of rotatable bonds is 5. The fraction of sp³-hybridized carbons (Fsp3) is 0.438. The zero-order valence-electron chi connectivity index (χ0n) is 12.5. The highest BCUT2D eigenvalue weighted by Crippen LogP contribution is 2.28. The highest BCUT2D eigenvalue weighted by atomic mass is 19.4. The van der Waals surface area contributed by atoms with E-state index in [1.165, 1.54) is 25.4 Å². The van der Waals surface area contributed by atoms with Crippen LogP contribution in [0.1, 0.15) is 42.9 Å². The van der Waals surface area contributed by atoms with Gasteiger partial charge in [0, 0.05) is 11.8 Å². The van der Waals surface area contributed by atoms with Crippen LogP contribution < -0.4 is 0 Å². The van der Waals surface area contributed by atoms with E-state index in [9.17, 15) is 13.2 Å². The number of alkyl halides is 3. The second-order valence-corrected chi connectivity index (χ2v) is 4.84. The summed E-state index contributed by atoms with van der Waals surface area (Å²) in [5.41, 5.74) is 1.71. The summed E-state index contributed by atoms with van der Waals surface area (Å²) in [6.45, 7) is 7.54. The molecule has 1 unspecified atom stereocenters. The Morgan fingerprint density at radius 1 is 1.43 bits per heavy atom. The molecule has 0 spiro atoms. The number of nitrogens with zero attached hydrogens (tertiary/aromatic N) is 1. The number of hydrogen-bond donors (Lipinski definition) is 0. The summed E-state index contributed by atoms with van der Waals surface area (Å²) in [6.07, 6.45) is -3.02. The lowest BCUT2D eigenvalue weighted by molar-refractivity contribution is -0.127. The molecule has 0 fully saturated rings. The Kier molecular flexibility index (Phi) is 6.00. The van der Waals surface area contributed by atoms with Crippen molar-refractivity contribution in [3.63, 3.8) is 0 Å². The van der Waals surface area contributed by atoms with Crippen molar-refractivity contribution >= 4 is 5.90 Å². The standard InChI is InChI=1S/C16H20F3NO/c1-5-11(3)13-8-7-12(10-16(17,18)19)9-14(13)15(21-4)20-6-2/h6-9,11H,2,5,10H2,1,3-4H3/b20-15+. The lowest BCUT2D eigenvalue weighted by Gasteiger charge is -2.17. The molecule has 0 aliphatic rings. The summed E-state index contributed by atoms with van der Waals surface area (Å²) < 4.78 is 42.8. The predicted octanol–water partition coefficient (Wildman–Crippen LogP) is 4.84. The third kappa shape index (κ3) is 4.92. The first-order chi connectivity index (χ1) is 9.82. The van der Waals surface area contributed by atoms with E-state index in [1.54, 1.807) is 6.07 Å². The highest BCUT2D eigenvalue weighted by molar-refractivity contribution is 5.96. The van der Waals surface area contributed by atoms with Gasteiger partial charge in [-0.1, -0.05) is 32.6 Å². The largest absolute Gasteiger partial charge is 0.481 e. The first-order valence-corrected chi connectivity index (χ1v) is 6.75. The van der Waals surface area contributed by atoms with Crippen LogP contribution in [0.4, 0.5) is 13.2 Å². The zero-order chi connectivity index (χ0) is 16.0. The van der Waals surface area contributed by atoms with Crippen molar-refractivity contribution in [3.8, 4) is 0 Å². The molecule has 0 N–H and O–H groups in total. The summed E-state index contributed by atoms with van der Waals surface area (Å²) in [5, 5.41) is 0. The van der Waals surface area contributed by atoms with E-state index in [-0.39, 0.29) is 17.4 Å². The van der Waals surface area contributed by atoms with Gasteiger partial charge in [-0.2, -0.15) is 13.2 Å². The second kappa shape index (κ2) is 7.29. The Labute approximate surface area is 123 Å². The summed E-state index contributed by atoms with van der Waals surface area (Å²) in [4.78, 5) is 4.00. The van der Waals surface area contributed by atoms with Crippen LogP contribution in [0.15, 0.2) is 36.0 Å². The lowest BCUT2D eigenvalue weighted by Crippen LogP contribution is -2.14. The van der Waals surface area contributed by atoms with Crippen molar-refractivity contribution in [2.24, 2.45) is 4.99 Å². The maximum absolute atomic E-state index is 12.6. The third-order valence-electron chi connectivity index (χ3n) is 3.30. The van der Waals surface area contributed by atoms with Crippen molar-refractivity contribution in [3.05, 3.63) is 47.7 Å². The Morgan fingerprint density at radius 3 is 2.57 bits per heavy atom. The van der Waals surface area contributed by atoms with Gasteiger partial charge in [0.1, 0.15) is 0 Å². The first-order valence-electron chi connectivity index (χ1n) is 6.75. The van der Waals surface area contributed by atoms with Gasteiger partial charge in [0.05, 0.1) is 13.5 Å². The van der Waals surface area contributed by atoms with Gasteiger partial charge in [-0.15, -0.1) is 0 Å². The Morgan fingerprint density at radius 2 is 2.10 bits per heavy atom. The van der Waals surface area contributed by atoms with Crippen molar-refractivity contribution < 1.29 is 17.9 Å². The molecule has 0 aliphatic carbocycles. The first kappa shape index (κ1) is 17.3. The molecule has 0 heterocycles. The van der Waals surface area contributed by atoms with E-state index in [1.807, 2.05) is 13.8 Å². The van der Waals surface area contributed by atoms with Crippen molar-refractivity contribution in [2.75, 3.05) is 7.11 Å². The Hall–Kier alpha value is -1.78. The third-order valence-corrected chi connectivity index (χ3v) is 3.30. The van der Waals surface area contributed by atoms with E-state index < -0.39 is 12.6 Å². The van der Waals surface area contributed by atoms with Gasteiger partial charge in [0.15, 0.2) is 0 Å². The molecule has 21 heavy (non-hydrogen) atoms. The summed E-state index contributed by atoms with van der Waals surface area (Å²) in [5.74, 6) is 0.481. The Bertz CT molecular complexity index is 521. The molecule has 1 rings (SSSR count). The zero-order valence-corrected chi connectivity index (χ0v) is 12.5. The minimum atomic E-state index is -4.24. The van der Waals surface area contributed by atoms with E-state index in [2.05, 4.69) is 11.6 Å². The molecule has 1 aromatic rings. The molecule has 1 aromatic carbocycles. The van der Waals surface area contributed by atoms with Crippen LogP contribution >= 0.6 is 0 Å². The average molecular weight is 299 g/mol. The van der Waals surface area contributed by atoms with Crippen LogP contribution in [0.5, 0.6) is 0 Å². The van der Waals surface area contributed by atoms with E-state index in [0.29, 0.717) is 5.56 Å². The lowest BCUT2D eigenvalue weighted by atomic mass is 9.91. The van der Waals surface area contributed by atoms with Gasteiger partial charge in [0.2, 0.25) is 5.90 Å². The topological polar surface area (TPSA) is 21.6 Å². The summed E-state index contributed by atoms with van der Waals surface area (Å²) in [7, 11) is 1.44. The van der Waals surface area contributed by atoms with Crippen LogP contribution in [0, 0.1) is 0 Å². The van der Waals surface area contributed by atoms with Gasteiger partial charge in [-0.25, -0.2) is 4.99 Å². The molecule has 5 heteroatoms. The quantitative estimate of drug-likeness (QED) is 0.563. The maximum Gasteiger partial charge on any atom is 0.393 e. The molecule has 0 saturated heterocycles. The molecular weight excluding hydrogens is 279 g/mol. The Balaban J connectivity index is 3.35. The van der Waals surface area contributed by atoms with Crippen LogP contribution in [-0.2, 0) is 11.2 Å². The van der Waals surface area contributed by atoms with Gasteiger partial charge in [0.25, 0.3) is 0 Å². The molecule has 2 nitrogen and oxygen atoms in total. The molecule has 0 aromatic heterocycles. The van der Waals surface area contributed by atoms with Crippen molar-refractivity contribution in [2.45, 2.75) is 38.8 Å². The fourth-order valence-electron chi connectivity index (χ4n) is 2.09. The number of ether oxygens (including phenoxy) is 1. The van der Waals surface area contributed by atoms with Gasteiger partial charge in [-0.3, -0.25) is 0 Å².